The van der Waals surface area contributed by atoms with Crippen LogP contribution < -0.4 is 10.5 Å². The quantitative estimate of drug-likeness (QED) is 0.507. The first-order chi connectivity index (χ1) is 15.1. The molecule has 0 spiro atoms. The molecule has 1 aliphatic heterocycles. The Balaban J connectivity index is 1.17. The van der Waals surface area contributed by atoms with E-state index in [4.69, 9.17) is 4.52 Å². The van der Waals surface area contributed by atoms with Gasteiger partial charge in [-0.2, -0.15) is 4.98 Å². The van der Waals surface area contributed by atoms with Crippen molar-refractivity contribution in [3.05, 3.63) is 76.1 Å². The summed E-state index contributed by atoms with van der Waals surface area (Å²) in [5.74, 6) is 2.65. The van der Waals surface area contributed by atoms with Gasteiger partial charge in [0.25, 0.3) is 5.56 Å². The monoisotopic (exact) mass is 414 g/mol. The molecule has 1 saturated carbocycles. The van der Waals surface area contributed by atoms with E-state index < -0.39 is 0 Å². The zero-order valence-corrected chi connectivity index (χ0v) is 17.4. The minimum Gasteiger partial charge on any atom is -0.371 e. The van der Waals surface area contributed by atoms with Crippen molar-refractivity contribution >= 4 is 16.7 Å². The summed E-state index contributed by atoms with van der Waals surface area (Å²) >= 11 is 0. The number of pyridine rings is 1. The lowest BCUT2D eigenvalue weighted by molar-refractivity contribution is 0.363. The van der Waals surface area contributed by atoms with Gasteiger partial charge < -0.3 is 9.42 Å². The Morgan fingerprint density at radius 2 is 1.84 bits per heavy atom. The van der Waals surface area contributed by atoms with Gasteiger partial charge in [-0.1, -0.05) is 22.9 Å². The van der Waals surface area contributed by atoms with Crippen molar-refractivity contribution in [2.75, 3.05) is 18.0 Å². The number of anilines is 1. The van der Waals surface area contributed by atoms with Crippen LogP contribution in [0.25, 0.3) is 11.0 Å². The van der Waals surface area contributed by atoms with Gasteiger partial charge in [0.1, 0.15) is 12.9 Å². The van der Waals surface area contributed by atoms with Crippen LogP contribution in [-0.2, 0) is 6.54 Å². The SMILES string of the molecule is Cc1ccc(N2CC3C(C2)C3c2noc(Cn3cnc4nccc(C)c4c3=O)n2)cc1. The summed E-state index contributed by atoms with van der Waals surface area (Å²) in [7, 11) is 0. The van der Waals surface area contributed by atoms with Crippen LogP contribution in [0, 0.1) is 25.7 Å². The number of aryl methyl sites for hydroxylation is 2. The third kappa shape index (κ3) is 3.01. The van der Waals surface area contributed by atoms with Crippen LogP contribution in [0.15, 0.2) is 52.2 Å². The Morgan fingerprint density at radius 3 is 2.61 bits per heavy atom. The van der Waals surface area contributed by atoms with E-state index in [9.17, 15) is 4.79 Å². The maximum atomic E-state index is 12.8. The number of hydrogen-bond acceptors (Lipinski definition) is 7. The van der Waals surface area contributed by atoms with E-state index in [1.165, 1.54) is 22.1 Å². The molecule has 2 aliphatic rings. The van der Waals surface area contributed by atoms with E-state index in [0.717, 1.165) is 24.5 Å². The molecular formula is C23H22N6O2. The number of rotatable bonds is 4. The van der Waals surface area contributed by atoms with Crippen LogP contribution in [0.5, 0.6) is 0 Å². The standard InChI is InChI=1S/C23H22N6O2/c1-13-3-5-15(6-4-13)28-9-16-17(10-28)20(16)22-26-18(31-27-22)11-29-12-25-21-19(23(29)30)14(2)7-8-24-21/h3-8,12,16-17,20H,9-11H2,1-2H3. The molecule has 1 aromatic carbocycles. The molecule has 4 aromatic rings. The van der Waals surface area contributed by atoms with Gasteiger partial charge in [-0.3, -0.25) is 9.36 Å². The topological polar surface area (TPSA) is 89.9 Å². The maximum Gasteiger partial charge on any atom is 0.263 e. The summed E-state index contributed by atoms with van der Waals surface area (Å²) < 4.78 is 6.98. The number of benzene rings is 1. The van der Waals surface area contributed by atoms with Gasteiger partial charge in [0.15, 0.2) is 11.5 Å². The van der Waals surface area contributed by atoms with Gasteiger partial charge in [0.2, 0.25) is 5.89 Å². The van der Waals surface area contributed by atoms with Crippen molar-refractivity contribution in [1.29, 1.82) is 0 Å². The number of fused-ring (bicyclic) bond motifs is 2. The lowest BCUT2D eigenvalue weighted by atomic mass is 10.2. The van der Waals surface area contributed by atoms with Crippen molar-refractivity contribution in [2.45, 2.75) is 26.3 Å². The summed E-state index contributed by atoms with van der Waals surface area (Å²) in [4.78, 5) is 28.4. The van der Waals surface area contributed by atoms with Gasteiger partial charge in [-0.25, -0.2) is 9.97 Å². The van der Waals surface area contributed by atoms with Crippen LogP contribution >= 0.6 is 0 Å². The molecule has 3 aromatic heterocycles. The molecule has 156 valence electrons. The highest BCUT2D eigenvalue weighted by molar-refractivity contribution is 5.76. The van der Waals surface area contributed by atoms with Crippen LogP contribution in [0.2, 0.25) is 0 Å². The Kier molecular flexibility index (Phi) is 3.96. The second kappa shape index (κ2) is 6.73. The van der Waals surface area contributed by atoms with Crippen LogP contribution in [0.1, 0.15) is 28.8 Å². The zero-order chi connectivity index (χ0) is 21.1. The van der Waals surface area contributed by atoms with Gasteiger partial charge in [0.05, 0.1) is 5.39 Å². The molecule has 8 nitrogen and oxygen atoms in total. The smallest absolute Gasteiger partial charge is 0.263 e. The van der Waals surface area contributed by atoms with E-state index in [1.807, 2.05) is 13.0 Å². The minimum atomic E-state index is -0.146. The highest BCUT2D eigenvalue weighted by atomic mass is 16.5. The molecule has 2 unspecified atom stereocenters. The fourth-order valence-corrected chi connectivity index (χ4v) is 4.83. The van der Waals surface area contributed by atoms with Crippen molar-refractivity contribution in [3.8, 4) is 0 Å². The number of hydrogen-bond donors (Lipinski definition) is 0. The Morgan fingerprint density at radius 1 is 1.06 bits per heavy atom. The Bertz CT molecular complexity index is 1330. The first kappa shape index (κ1) is 18.2. The first-order valence-corrected chi connectivity index (χ1v) is 10.5. The number of nitrogens with zero attached hydrogens (tertiary/aromatic N) is 6. The summed E-state index contributed by atoms with van der Waals surface area (Å²) in [5, 5.41) is 4.75. The average molecular weight is 414 g/mol. The molecule has 0 amide bonds. The molecule has 0 bridgehead atoms. The fourth-order valence-electron chi connectivity index (χ4n) is 4.83. The van der Waals surface area contributed by atoms with Crippen LogP contribution in [0.3, 0.4) is 0 Å². The minimum absolute atomic E-state index is 0.146. The lowest BCUT2D eigenvalue weighted by Crippen LogP contribution is -2.23. The number of aromatic nitrogens is 5. The van der Waals surface area contributed by atoms with Gasteiger partial charge in [-0.05, 0) is 49.4 Å². The molecule has 31 heavy (non-hydrogen) atoms. The molecule has 1 aliphatic carbocycles. The van der Waals surface area contributed by atoms with E-state index >= 15 is 0 Å². The third-order valence-electron chi connectivity index (χ3n) is 6.61. The van der Waals surface area contributed by atoms with E-state index in [-0.39, 0.29) is 12.1 Å². The van der Waals surface area contributed by atoms with Crippen LogP contribution in [0.4, 0.5) is 5.69 Å². The Labute approximate surface area is 178 Å². The van der Waals surface area contributed by atoms with Gasteiger partial charge in [0, 0.05) is 30.9 Å². The molecule has 0 radical (unpaired) electrons. The molecule has 8 heteroatoms. The molecule has 2 atom stereocenters. The van der Waals surface area contributed by atoms with Crippen molar-refractivity contribution < 1.29 is 4.52 Å². The normalized spacial score (nSPS) is 22.1. The summed E-state index contributed by atoms with van der Waals surface area (Å²) in [6.07, 6.45) is 3.15. The van der Waals surface area contributed by atoms with Crippen molar-refractivity contribution in [1.82, 2.24) is 24.7 Å². The van der Waals surface area contributed by atoms with Crippen molar-refractivity contribution in [2.24, 2.45) is 11.8 Å². The predicted molar refractivity (Wildman–Crippen MR) is 115 cm³/mol. The molecule has 0 N–H and O–H groups in total. The highest BCUT2D eigenvalue weighted by Gasteiger charge is 2.58. The first-order valence-electron chi connectivity index (χ1n) is 10.5. The van der Waals surface area contributed by atoms with E-state index in [2.05, 4.69) is 56.2 Å². The summed E-state index contributed by atoms with van der Waals surface area (Å²) in [6, 6.07) is 10.5. The summed E-state index contributed by atoms with van der Waals surface area (Å²) in [5.41, 5.74) is 3.71. The van der Waals surface area contributed by atoms with E-state index in [1.54, 1.807) is 6.20 Å². The molecule has 4 heterocycles. The second-order valence-corrected chi connectivity index (χ2v) is 8.64. The third-order valence-corrected chi connectivity index (χ3v) is 6.61. The largest absolute Gasteiger partial charge is 0.371 e. The predicted octanol–water partition coefficient (Wildman–Crippen LogP) is 2.69. The van der Waals surface area contributed by atoms with Crippen molar-refractivity contribution in [3.63, 3.8) is 0 Å². The fraction of sp³-hybridized carbons (Fsp3) is 0.348. The van der Waals surface area contributed by atoms with Crippen LogP contribution in [-0.4, -0.2) is 37.8 Å². The summed E-state index contributed by atoms with van der Waals surface area (Å²) in [6.45, 7) is 6.23. The van der Waals surface area contributed by atoms with E-state index in [0.29, 0.717) is 34.7 Å². The zero-order valence-electron chi connectivity index (χ0n) is 17.4. The molecule has 6 rings (SSSR count). The highest BCUT2D eigenvalue weighted by Crippen LogP contribution is 2.57. The molecule has 1 saturated heterocycles. The average Bonchev–Trinajstić information content (AvgIpc) is 3.09. The Hall–Kier alpha value is -3.55. The molecule has 2 fully saturated rings. The van der Waals surface area contributed by atoms with Gasteiger partial charge in [-0.15, -0.1) is 0 Å². The number of piperidine rings is 1. The second-order valence-electron chi connectivity index (χ2n) is 8.64. The lowest BCUT2D eigenvalue weighted by Gasteiger charge is -2.21. The maximum absolute atomic E-state index is 12.8. The van der Waals surface area contributed by atoms with Gasteiger partial charge >= 0.3 is 0 Å². The molecular weight excluding hydrogens is 392 g/mol.